The Balaban J connectivity index is 2.33. The smallest absolute Gasteiger partial charge is 0.328 e. The van der Waals surface area contributed by atoms with Crippen molar-refractivity contribution in [2.45, 2.75) is 25.8 Å². The Labute approximate surface area is 138 Å². The number of methoxy groups -OCH3 is 1. The first-order valence-electron chi connectivity index (χ1n) is 7.14. The fourth-order valence-electron chi connectivity index (χ4n) is 2.38. The van der Waals surface area contributed by atoms with Crippen LogP contribution in [0.3, 0.4) is 0 Å². The van der Waals surface area contributed by atoms with Crippen LogP contribution in [0, 0.1) is 0 Å². The minimum absolute atomic E-state index is 0.271. The summed E-state index contributed by atoms with van der Waals surface area (Å²) in [6, 6.07) is 10.6. The fourth-order valence-corrected chi connectivity index (χ4v) is 2.85. The maximum atomic E-state index is 12.5. The van der Waals surface area contributed by atoms with Crippen molar-refractivity contribution < 1.29 is 14.3 Å². The minimum atomic E-state index is -0.620. The highest BCUT2D eigenvalue weighted by Gasteiger charge is 2.22. The lowest BCUT2D eigenvalue weighted by Gasteiger charge is -2.16. The van der Waals surface area contributed by atoms with Crippen molar-refractivity contribution >= 4 is 38.6 Å². The third-order valence-electron chi connectivity index (χ3n) is 3.48. The molecule has 2 aromatic carbocycles. The lowest BCUT2D eigenvalue weighted by Crippen LogP contribution is -2.41. The van der Waals surface area contributed by atoms with Crippen LogP contribution in [0.15, 0.2) is 40.9 Å². The molecule has 116 valence electrons. The summed E-state index contributed by atoms with van der Waals surface area (Å²) in [5, 5.41) is 4.57. The number of carbonyl (C=O) groups is 2. The second kappa shape index (κ2) is 7.40. The van der Waals surface area contributed by atoms with Gasteiger partial charge in [-0.2, -0.15) is 0 Å². The van der Waals surface area contributed by atoms with Gasteiger partial charge in [-0.1, -0.05) is 53.5 Å². The molecule has 0 heterocycles. The van der Waals surface area contributed by atoms with Crippen molar-refractivity contribution in [3.63, 3.8) is 0 Å². The van der Waals surface area contributed by atoms with Crippen LogP contribution in [0.1, 0.15) is 30.1 Å². The molecule has 0 aliphatic heterocycles. The molecule has 1 N–H and O–H groups in total. The molecule has 0 aliphatic rings. The van der Waals surface area contributed by atoms with E-state index in [4.69, 9.17) is 4.74 Å². The van der Waals surface area contributed by atoms with Crippen molar-refractivity contribution in [3.8, 4) is 0 Å². The average molecular weight is 364 g/mol. The zero-order valence-corrected chi connectivity index (χ0v) is 14.1. The van der Waals surface area contributed by atoms with Crippen molar-refractivity contribution in [1.29, 1.82) is 0 Å². The van der Waals surface area contributed by atoms with Gasteiger partial charge in [-0.15, -0.1) is 0 Å². The van der Waals surface area contributed by atoms with E-state index in [9.17, 15) is 9.59 Å². The van der Waals surface area contributed by atoms with E-state index in [0.717, 1.165) is 21.7 Å². The number of nitrogens with one attached hydrogen (secondary N) is 1. The third kappa shape index (κ3) is 3.47. The van der Waals surface area contributed by atoms with E-state index in [1.54, 1.807) is 6.07 Å². The summed E-state index contributed by atoms with van der Waals surface area (Å²) in [7, 11) is 1.33. The summed E-state index contributed by atoms with van der Waals surface area (Å²) in [4.78, 5) is 24.3. The monoisotopic (exact) mass is 363 g/mol. The molecule has 5 heteroatoms. The quantitative estimate of drug-likeness (QED) is 0.824. The van der Waals surface area contributed by atoms with E-state index >= 15 is 0 Å². The molecule has 0 saturated heterocycles. The van der Waals surface area contributed by atoms with Gasteiger partial charge in [0.2, 0.25) is 0 Å². The molecule has 0 aromatic heterocycles. The minimum Gasteiger partial charge on any atom is -0.467 e. The number of hydrogen-bond donors (Lipinski definition) is 1. The van der Waals surface area contributed by atoms with E-state index in [1.165, 1.54) is 7.11 Å². The average Bonchev–Trinajstić information content (AvgIpc) is 2.54. The molecule has 4 nitrogen and oxygen atoms in total. The molecule has 0 bridgehead atoms. The molecule has 1 amide bonds. The zero-order chi connectivity index (χ0) is 16.1. The highest BCUT2D eigenvalue weighted by Crippen LogP contribution is 2.26. The molecule has 1 atom stereocenters. The van der Waals surface area contributed by atoms with Gasteiger partial charge >= 0.3 is 5.97 Å². The Morgan fingerprint density at radius 1 is 1.18 bits per heavy atom. The summed E-state index contributed by atoms with van der Waals surface area (Å²) in [6.07, 6.45) is 1.33. The standard InChI is InChI=1S/C17H18BrNO3/c1-3-6-15(17(21)22-2)19-16(20)13-9-10-14(18)12-8-5-4-7-11(12)13/h4-5,7-10,15H,3,6H2,1-2H3,(H,19,20)/t15-/m0/s1. The van der Waals surface area contributed by atoms with Crippen molar-refractivity contribution in [1.82, 2.24) is 5.32 Å². The topological polar surface area (TPSA) is 55.4 Å². The van der Waals surface area contributed by atoms with Crippen LogP contribution in [0.5, 0.6) is 0 Å². The van der Waals surface area contributed by atoms with E-state index in [1.807, 2.05) is 37.3 Å². The first-order valence-corrected chi connectivity index (χ1v) is 7.93. The molecule has 2 aromatic rings. The molecule has 0 saturated carbocycles. The van der Waals surface area contributed by atoms with Gasteiger partial charge in [0.05, 0.1) is 7.11 Å². The van der Waals surface area contributed by atoms with Crippen LogP contribution in [-0.2, 0) is 9.53 Å². The number of ether oxygens (including phenoxy) is 1. The van der Waals surface area contributed by atoms with Gasteiger partial charge < -0.3 is 10.1 Å². The van der Waals surface area contributed by atoms with Gasteiger partial charge in [0.15, 0.2) is 0 Å². The normalized spacial score (nSPS) is 12.0. The summed E-state index contributed by atoms with van der Waals surface area (Å²) >= 11 is 3.48. The molecular weight excluding hydrogens is 346 g/mol. The van der Waals surface area contributed by atoms with Crippen LogP contribution < -0.4 is 5.32 Å². The van der Waals surface area contributed by atoms with Crippen LogP contribution in [0.25, 0.3) is 10.8 Å². The number of carbonyl (C=O) groups excluding carboxylic acids is 2. The van der Waals surface area contributed by atoms with Crippen LogP contribution in [0.4, 0.5) is 0 Å². The Bertz CT molecular complexity index is 699. The van der Waals surface area contributed by atoms with Crippen molar-refractivity contribution in [2.24, 2.45) is 0 Å². The molecule has 0 radical (unpaired) electrons. The SMILES string of the molecule is CCC[C@H](NC(=O)c1ccc(Br)c2ccccc12)C(=O)OC. The van der Waals surface area contributed by atoms with E-state index in [2.05, 4.69) is 21.2 Å². The first-order chi connectivity index (χ1) is 10.6. The third-order valence-corrected chi connectivity index (χ3v) is 4.18. The van der Waals surface area contributed by atoms with Gasteiger partial charge in [-0.3, -0.25) is 4.79 Å². The molecule has 0 unspecified atom stereocenters. The molecule has 0 fully saturated rings. The van der Waals surface area contributed by atoms with Gasteiger partial charge in [0.1, 0.15) is 6.04 Å². The summed E-state index contributed by atoms with van der Waals surface area (Å²) in [5.74, 6) is -0.691. The molecule has 22 heavy (non-hydrogen) atoms. The lowest BCUT2D eigenvalue weighted by molar-refractivity contribution is -0.143. The Morgan fingerprint density at radius 3 is 2.50 bits per heavy atom. The van der Waals surface area contributed by atoms with Crippen LogP contribution >= 0.6 is 15.9 Å². The number of rotatable bonds is 5. The maximum absolute atomic E-state index is 12.5. The Hall–Kier alpha value is -1.88. The number of benzene rings is 2. The van der Waals surface area contributed by atoms with Gasteiger partial charge in [-0.25, -0.2) is 4.79 Å². The highest BCUT2D eigenvalue weighted by atomic mass is 79.9. The number of fused-ring (bicyclic) bond motifs is 1. The van der Waals surface area contributed by atoms with Crippen LogP contribution in [0.2, 0.25) is 0 Å². The predicted octanol–water partition coefficient (Wildman–Crippen LogP) is 3.67. The Morgan fingerprint density at radius 2 is 1.86 bits per heavy atom. The van der Waals surface area contributed by atoms with E-state index < -0.39 is 12.0 Å². The van der Waals surface area contributed by atoms with Crippen molar-refractivity contribution in [2.75, 3.05) is 7.11 Å². The second-order valence-corrected chi connectivity index (χ2v) is 5.83. The summed E-state index contributed by atoms with van der Waals surface area (Å²) in [5.41, 5.74) is 0.545. The summed E-state index contributed by atoms with van der Waals surface area (Å²) in [6.45, 7) is 1.96. The zero-order valence-electron chi connectivity index (χ0n) is 12.6. The largest absolute Gasteiger partial charge is 0.467 e. The molecule has 0 spiro atoms. The lowest BCUT2D eigenvalue weighted by atomic mass is 10.0. The first kappa shape index (κ1) is 16.5. The van der Waals surface area contributed by atoms with Crippen LogP contribution in [-0.4, -0.2) is 25.0 Å². The molecule has 2 rings (SSSR count). The number of amides is 1. The maximum Gasteiger partial charge on any atom is 0.328 e. The molecule has 0 aliphatic carbocycles. The fraction of sp³-hybridized carbons (Fsp3) is 0.294. The van der Waals surface area contributed by atoms with Gasteiger partial charge in [0, 0.05) is 10.0 Å². The van der Waals surface area contributed by atoms with E-state index in [-0.39, 0.29) is 5.91 Å². The highest BCUT2D eigenvalue weighted by molar-refractivity contribution is 9.10. The number of halogens is 1. The van der Waals surface area contributed by atoms with Crippen molar-refractivity contribution in [3.05, 3.63) is 46.4 Å². The van der Waals surface area contributed by atoms with E-state index in [0.29, 0.717) is 12.0 Å². The summed E-state index contributed by atoms with van der Waals surface area (Å²) < 4.78 is 5.68. The number of esters is 1. The molecular formula is C17H18BrNO3. The van der Waals surface area contributed by atoms with Gasteiger partial charge in [0.25, 0.3) is 5.91 Å². The number of hydrogen-bond acceptors (Lipinski definition) is 3. The predicted molar refractivity (Wildman–Crippen MR) is 89.8 cm³/mol. The second-order valence-electron chi connectivity index (χ2n) is 4.98. The Kier molecular flexibility index (Phi) is 5.55. The van der Waals surface area contributed by atoms with Gasteiger partial charge in [-0.05, 0) is 29.3 Å².